The molecule has 0 atom stereocenters. The van der Waals surface area contributed by atoms with E-state index < -0.39 is 0 Å². The van der Waals surface area contributed by atoms with Gasteiger partial charge in [0.05, 0.1) is 0 Å². The lowest BCUT2D eigenvalue weighted by Crippen LogP contribution is -2.44. The van der Waals surface area contributed by atoms with Crippen LogP contribution in [0, 0.1) is 12.8 Å². The Morgan fingerprint density at radius 1 is 1.25 bits per heavy atom. The number of hydrogen-bond donors (Lipinski definition) is 1. The summed E-state index contributed by atoms with van der Waals surface area (Å²) < 4.78 is 0. The SMILES string of the molecule is Cc1ccc(SCC(C)C)c(CCN2CCNCC2)c1. The van der Waals surface area contributed by atoms with Gasteiger partial charge in [-0.1, -0.05) is 31.5 Å². The third-order valence-corrected chi connectivity index (χ3v) is 5.24. The lowest BCUT2D eigenvalue weighted by atomic mass is 10.1. The molecule has 1 aliphatic heterocycles. The van der Waals surface area contributed by atoms with E-state index in [1.165, 1.54) is 47.8 Å². The summed E-state index contributed by atoms with van der Waals surface area (Å²) in [6, 6.07) is 6.94. The van der Waals surface area contributed by atoms with E-state index in [0.717, 1.165) is 19.0 Å². The molecule has 3 heteroatoms. The van der Waals surface area contributed by atoms with Gasteiger partial charge in [0.25, 0.3) is 0 Å². The maximum absolute atomic E-state index is 3.42. The predicted octanol–water partition coefficient (Wildman–Crippen LogP) is 3.19. The molecule has 0 spiro atoms. The van der Waals surface area contributed by atoms with Crippen molar-refractivity contribution in [3.63, 3.8) is 0 Å². The van der Waals surface area contributed by atoms with Gasteiger partial charge in [-0.05, 0) is 30.9 Å². The van der Waals surface area contributed by atoms with Gasteiger partial charge in [-0.15, -0.1) is 11.8 Å². The van der Waals surface area contributed by atoms with Crippen LogP contribution >= 0.6 is 11.8 Å². The number of piperazine rings is 1. The van der Waals surface area contributed by atoms with E-state index in [0.29, 0.717) is 0 Å². The smallest absolute Gasteiger partial charge is 0.0108 e. The Kier molecular flexibility index (Phi) is 6.40. The Labute approximate surface area is 128 Å². The van der Waals surface area contributed by atoms with Crippen molar-refractivity contribution in [2.45, 2.75) is 32.1 Å². The molecular formula is C17H28N2S. The largest absolute Gasteiger partial charge is 0.314 e. The lowest BCUT2D eigenvalue weighted by Gasteiger charge is -2.27. The van der Waals surface area contributed by atoms with Crippen molar-refractivity contribution in [1.82, 2.24) is 10.2 Å². The molecule has 1 fully saturated rings. The predicted molar refractivity (Wildman–Crippen MR) is 89.8 cm³/mol. The highest BCUT2D eigenvalue weighted by Gasteiger charge is 2.11. The zero-order valence-corrected chi connectivity index (χ0v) is 13.9. The van der Waals surface area contributed by atoms with Crippen LogP contribution in [0.5, 0.6) is 0 Å². The van der Waals surface area contributed by atoms with Crippen LogP contribution in [0.2, 0.25) is 0 Å². The zero-order valence-electron chi connectivity index (χ0n) is 13.1. The van der Waals surface area contributed by atoms with E-state index in [4.69, 9.17) is 0 Å². The summed E-state index contributed by atoms with van der Waals surface area (Å²) in [6.45, 7) is 12.7. The molecule has 2 rings (SSSR count). The normalized spacial score (nSPS) is 16.8. The minimum Gasteiger partial charge on any atom is -0.314 e. The number of thioether (sulfide) groups is 1. The molecule has 0 aliphatic carbocycles. The van der Waals surface area contributed by atoms with E-state index >= 15 is 0 Å². The van der Waals surface area contributed by atoms with E-state index in [2.05, 4.69) is 49.2 Å². The van der Waals surface area contributed by atoms with Gasteiger partial charge < -0.3 is 10.2 Å². The van der Waals surface area contributed by atoms with Crippen molar-refractivity contribution in [2.75, 3.05) is 38.5 Å². The quantitative estimate of drug-likeness (QED) is 0.811. The topological polar surface area (TPSA) is 15.3 Å². The maximum Gasteiger partial charge on any atom is 0.0108 e. The molecule has 1 aliphatic rings. The second-order valence-electron chi connectivity index (χ2n) is 6.16. The van der Waals surface area contributed by atoms with Crippen LogP contribution in [0.1, 0.15) is 25.0 Å². The highest BCUT2D eigenvalue weighted by molar-refractivity contribution is 7.99. The summed E-state index contributed by atoms with van der Waals surface area (Å²) in [5.74, 6) is 1.96. The first-order valence-corrected chi connectivity index (χ1v) is 8.79. The standard InChI is InChI=1S/C17H28N2S/c1-14(2)13-20-17-5-4-15(3)12-16(17)6-9-19-10-7-18-8-11-19/h4-5,12,14,18H,6-11,13H2,1-3H3. The van der Waals surface area contributed by atoms with Gasteiger partial charge in [0.2, 0.25) is 0 Å². The van der Waals surface area contributed by atoms with Gasteiger partial charge in [0.1, 0.15) is 0 Å². The van der Waals surface area contributed by atoms with Crippen LogP contribution in [0.25, 0.3) is 0 Å². The Bertz CT molecular complexity index is 411. The average molecular weight is 292 g/mol. The van der Waals surface area contributed by atoms with E-state index in [1.807, 2.05) is 11.8 Å². The molecule has 1 saturated heterocycles. The fourth-order valence-corrected chi connectivity index (χ4v) is 3.54. The summed E-state index contributed by atoms with van der Waals surface area (Å²) in [7, 11) is 0. The molecule has 0 amide bonds. The number of nitrogens with zero attached hydrogens (tertiary/aromatic N) is 1. The Morgan fingerprint density at radius 2 is 2.00 bits per heavy atom. The van der Waals surface area contributed by atoms with Crippen molar-refractivity contribution >= 4 is 11.8 Å². The molecule has 1 aromatic rings. The van der Waals surface area contributed by atoms with Gasteiger partial charge in [-0.3, -0.25) is 0 Å². The Balaban J connectivity index is 1.95. The molecule has 0 unspecified atom stereocenters. The van der Waals surface area contributed by atoms with Crippen molar-refractivity contribution < 1.29 is 0 Å². The summed E-state index contributed by atoms with van der Waals surface area (Å²) in [4.78, 5) is 4.06. The second-order valence-corrected chi connectivity index (χ2v) is 7.22. The fourth-order valence-electron chi connectivity index (χ4n) is 2.51. The van der Waals surface area contributed by atoms with E-state index in [9.17, 15) is 0 Å². The van der Waals surface area contributed by atoms with Gasteiger partial charge in [-0.2, -0.15) is 0 Å². The number of hydrogen-bond acceptors (Lipinski definition) is 3. The number of benzene rings is 1. The van der Waals surface area contributed by atoms with Crippen LogP contribution in [-0.4, -0.2) is 43.4 Å². The highest BCUT2D eigenvalue weighted by Crippen LogP contribution is 2.26. The first-order chi connectivity index (χ1) is 9.65. The molecule has 1 heterocycles. The molecule has 20 heavy (non-hydrogen) atoms. The summed E-state index contributed by atoms with van der Waals surface area (Å²) in [5, 5.41) is 3.42. The first kappa shape index (κ1) is 15.9. The average Bonchev–Trinajstić information content (AvgIpc) is 2.45. The van der Waals surface area contributed by atoms with Crippen molar-refractivity contribution in [3.05, 3.63) is 29.3 Å². The summed E-state index contributed by atoms with van der Waals surface area (Å²) >= 11 is 2.02. The molecule has 2 nitrogen and oxygen atoms in total. The molecular weight excluding hydrogens is 264 g/mol. The molecule has 0 bridgehead atoms. The molecule has 1 aromatic carbocycles. The third-order valence-electron chi connectivity index (χ3n) is 3.70. The maximum atomic E-state index is 3.42. The zero-order chi connectivity index (χ0) is 14.4. The Hall–Kier alpha value is -0.510. The second kappa shape index (κ2) is 8.06. The van der Waals surface area contributed by atoms with Crippen LogP contribution in [-0.2, 0) is 6.42 Å². The number of rotatable bonds is 6. The highest BCUT2D eigenvalue weighted by atomic mass is 32.2. The van der Waals surface area contributed by atoms with Gasteiger partial charge >= 0.3 is 0 Å². The van der Waals surface area contributed by atoms with Crippen LogP contribution in [0.3, 0.4) is 0 Å². The van der Waals surface area contributed by atoms with E-state index in [1.54, 1.807) is 0 Å². The first-order valence-electron chi connectivity index (χ1n) is 7.80. The van der Waals surface area contributed by atoms with Crippen molar-refractivity contribution in [1.29, 1.82) is 0 Å². The summed E-state index contributed by atoms with van der Waals surface area (Å²) in [6.07, 6.45) is 1.18. The van der Waals surface area contributed by atoms with Crippen molar-refractivity contribution in [2.24, 2.45) is 5.92 Å². The number of aryl methyl sites for hydroxylation is 1. The van der Waals surface area contributed by atoms with Crippen LogP contribution in [0.15, 0.2) is 23.1 Å². The van der Waals surface area contributed by atoms with Gasteiger partial charge in [0, 0.05) is 43.4 Å². The van der Waals surface area contributed by atoms with Crippen LogP contribution < -0.4 is 5.32 Å². The van der Waals surface area contributed by atoms with Crippen molar-refractivity contribution in [3.8, 4) is 0 Å². The van der Waals surface area contributed by atoms with Gasteiger partial charge in [-0.25, -0.2) is 0 Å². The minimum atomic E-state index is 0.752. The number of nitrogens with one attached hydrogen (secondary N) is 1. The summed E-state index contributed by atoms with van der Waals surface area (Å²) in [5.41, 5.74) is 2.92. The lowest BCUT2D eigenvalue weighted by molar-refractivity contribution is 0.243. The molecule has 0 radical (unpaired) electrons. The van der Waals surface area contributed by atoms with Crippen LogP contribution in [0.4, 0.5) is 0 Å². The fraction of sp³-hybridized carbons (Fsp3) is 0.647. The minimum absolute atomic E-state index is 0.752. The molecule has 112 valence electrons. The Morgan fingerprint density at radius 3 is 2.70 bits per heavy atom. The molecule has 1 N–H and O–H groups in total. The molecule has 0 saturated carbocycles. The van der Waals surface area contributed by atoms with E-state index in [-0.39, 0.29) is 0 Å². The third kappa shape index (κ3) is 5.12. The molecule has 0 aromatic heterocycles. The van der Waals surface area contributed by atoms with Gasteiger partial charge in [0.15, 0.2) is 0 Å². The monoisotopic (exact) mass is 292 g/mol.